The summed E-state index contributed by atoms with van der Waals surface area (Å²) >= 11 is 6.00. The highest BCUT2D eigenvalue weighted by atomic mass is 35.5. The van der Waals surface area contributed by atoms with Crippen LogP contribution in [0.25, 0.3) is 0 Å². The highest BCUT2D eigenvalue weighted by Crippen LogP contribution is 2.23. The predicted molar refractivity (Wildman–Crippen MR) is 71.3 cm³/mol. The summed E-state index contributed by atoms with van der Waals surface area (Å²) in [7, 11) is 0. The summed E-state index contributed by atoms with van der Waals surface area (Å²) in [5.74, 6) is 0. The minimum absolute atomic E-state index is 0. The second kappa shape index (κ2) is 7.13. The van der Waals surface area contributed by atoms with E-state index in [1.807, 2.05) is 32.0 Å². The largest absolute Gasteiger partial charge is 0.391 e. The van der Waals surface area contributed by atoms with Gasteiger partial charge < -0.3 is 10.8 Å². The van der Waals surface area contributed by atoms with E-state index in [-0.39, 0.29) is 18.4 Å². The number of benzene rings is 1. The van der Waals surface area contributed by atoms with Gasteiger partial charge in [-0.25, -0.2) is 0 Å². The molecular weight excluding hydrogens is 245 g/mol. The van der Waals surface area contributed by atoms with Crippen molar-refractivity contribution in [2.75, 3.05) is 0 Å². The Kier molecular flexibility index (Phi) is 7.00. The minimum Gasteiger partial charge on any atom is -0.391 e. The number of hydrogen-bond donors (Lipinski definition) is 2. The van der Waals surface area contributed by atoms with Gasteiger partial charge >= 0.3 is 0 Å². The Bertz CT molecular complexity index is 331. The van der Waals surface area contributed by atoms with Crippen LogP contribution in [0.1, 0.15) is 36.9 Å². The standard InChI is InChI=1S/C12H18ClNO.ClH/c1-3-4-11(15)12(14)9-6-5-8(2)10(13)7-9;/h5-7,11-12,15H,3-4,14H2,1-2H3;1H/t11-,12+;/m0./s1. The zero-order valence-corrected chi connectivity index (χ0v) is 11.2. The Morgan fingerprint density at radius 2 is 2.06 bits per heavy atom. The van der Waals surface area contributed by atoms with Crippen LogP contribution in [0.3, 0.4) is 0 Å². The van der Waals surface area contributed by atoms with Crippen LogP contribution in [0.4, 0.5) is 0 Å². The Balaban J connectivity index is 0.00000225. The zero-order valence-electron chi connectivity index (χ0n) is 9.61. The third-order valence-electron chi connectivity index (χ3n) is 2.58. The van der Waals surface area contributed by atoms with Crippen molar-refractivity contribution in [1.29, 1.82) is 0 Å². The quantitative estimate of drug-likeness (QED) is 0.877. The molecular formula is C12H19Cl2NO. The number of aliphatic hydroxyl groups is 1. The van der Waals surface area contributed by atoms with E-state index in [0.717, 1.165) is 17.5 Å². The van der Waals surface area contributed by atoms with Gasteiger partial charge in [-0.05, 0) is 30.5 Å². The maximum absolute atomic E-state index is 9.76. The molecule has 0 spiro atoms. The van der Waals surface area contributed by atoms with E-state index < -0.39 is 6.10 Å². The third-order valence-corrected chi connectivity index (χ3v) is 2.99. The van der Waals surface area contributed by atoms with Crippen LogP contribution in [0.15, 0.2) is 18.2 Å². The Labute approximate surface area is 108 Å². The highest BCUT2D eigenvalue weighted by Gasteiger charge is 2.16. The maximum Gasteiger partial charge on any atom is 0.0732 e. The van der Waals surface area contributed by atoms with Gasteiger partial charge in [-0.3, -0.25) is 0 Å². The summed E-state index contributed by atoms with van der Waals surface area (Å²) in [4.78, 5) is 0. The van der Waals surface area contributed by atoms with Crippen molar-refractivity contribution >= 4 is 24.0 Å². The van der Waals surface area contributed by atoms with Crippen LogP contribution in [0.5, 0.6) is 0 Å². The average molecular weight is 264 g/mol. The molecule has 2 atom stereocenters. The third kappa shape index (κ3) is 3.95. The molecule has 3 N–H and O–H groups in total. The van der Waals surface area contributed by atoms with Crippen molar-refractivity contribution in [1.82, 2.24) is 0 Å². The molecule has 0 fully saturated rings. The molecule has 1 aromatic rings. The fourth-order valence-corrected chi connectivity index (χ4v) is 1.70. The van der Waals surface area contributed by atoms with Crippen molar-refractivity contribution in [2.24, 2.45) is 5.73 Å². The summed E-state index contributed by atoms with van der Waals surface area (Å²) < 4.78 is 0. The Morgan fingerprint density at radius 1 is 1.44 bits per heavy atom. The lowest BCUT2D eigenvalue weighted by atomic mass is 9.98. The van der Waals surface area contributed by atoms with E-state index in [4.69, 9.17) is 17.3 Å². The molecule has 0 saturated heterocycles. The number of halogens is 2. The molecule has 16 heavy (non-hydrogen) atoms. The number of rotatable bonds is 4. The van der Waals surface area contributed by atoms with E-state index in [1.165, 1.54) is 0 Å². The van der Waals surface area contributed by atoms with Crippen molar-refractivity contribution in [3.05, 3.63) is 34.3 Å². The molecule has 0 aromatic heterocycles. The topological polar surface area (TPSA) is 46.2 Å². The Hall–Kier alpha value is -0.280. The molecule has 0 saturated carbocycles. The first-order chi connectivity index (χ1) is 7.06. The van der Waals surface area contributed by atoms with Gasteiger partial charge in [0.2, 0.25) is 0 Å². The van der Waals surface area contributed by atoms with Crippen LogP contribution in [0.2, 0.25) is 5.02 Å². The zero-order chi connectivity index (χ0) is 11.4. The van der Waals surface area contributed by atoms with Gasteiger partial charge in [-0.1, -0.05) is 37.1 Å². The molecule has 4 heteroatoms. The molecule has 0 radical (unpaired) electrons. The van der Waals surface area contributed by atoms with E-state index in [0.29, 0.717) is 11.4 Å². The fourth-order valence-electron chi connectivity index (χ4n) is 1.51. The van der Waals surface area contributed by atoms with Gasteiger partial charge in [-0.15, -0.1) is 12.4 Å². The fraction of sp³-hybridized carbons (Fsp3) is 0.500. The SMILES string of the molecule is CCC[C@H](O)[C@H](N)c1ccc(C)c(Cl)c1.Cl. The lowest BCUT2D eigenvalue weighted by Gasteiger charge is -2.19. The number of aryl methyl sites for hydroxylation is 1. The van der Waals surface area contributed by atoms with Gasteiger partial charge in [0.25, 0.3) is 0 Å². The molecule has 0 aliphatic carbocycles. The van der Waals surface area contributed by atoms with Crippen LogP contribution in [0, 0.1) is 6.92 Å². The van der Waals surface area contributed by atoms with Gasteiger partial charge in [0.1, 0.15) is 0 Å². The highest BCUT2D eigenvalue weighted by molar-refractivity contribution is 6.31. The van der Waals surface area contributed by atoms with Crippen LogP contribution in [-0.2, 0) is 0 Å². The number of nitrogens with two attached hydrogens (primary N) is 1. The monoisotopic (exact) mass is 263 g/mol. The van der Waals surface area contributed by atoms with E-state index in [9.17, 15) is 5.11 Å². The second-order valence-corrected chi connectivity index (χ2v) is 4.30. The first-order valence-electron chi connectivity index (χ1n) is 5.26. The summed E-state index contributed by atoms with van der Waals surface area (Å²) in [6.45, 7) is 3.97. The minimum atomic E-state index is -0.492. The molecule has 0 bridgehead atoms. The van der Waals surface area contributed by atoms with Gasteiger partial charge in [-0.2, -0.15) is 0 Å². The molecule has 0 unspecified atom stereocenters. The smallest absolute Gasteiger partial charge is 0.0732 e. The normalized spacial score (nSPS) is 14.1. The molecule has 1 rings (SSSR count). The van der Waals surface area contributed by atoms with E-state index in [1.54, 1.807) is 0 Å². The number of hydrogen-bond acceptors (Lipinski definition) is 2. The molecule has 0 amide bonds. The van der Waals surface area contributed by atoms with E-state index >= 15 is 0 Å². The molecule has 0 aliphatic rings. The second-order valence-electron chi connectivity index (χ2n) is 3.89. The summed E-state index contributed by atoms with van der Waals surface area (Å²) in [6.07, 6.45) is 1.15. The summed E-state index contributed by atoms with van der Waals surface area (Å²) in [5.41, 5.74) is 7.86. The maximum atomic E-state index is 9.76. The van der Waals surface area contributed by atoms with Crippen LogP contribution in [-0.4, -0.2) is 11.2 Å². The van der Waals surface area contributed by atoms with Gasteiger partial charge in [0, 0.05) is 5.02 Å². The van der Waals surface area contributed by atoms with Crippen molar-refractivity contribution in [3.8, 4) is 0 Å². The van der Waals surface area contributed by atoms with Gasteiger partial charge in [0.15, 0.2) is 0 Å². The Morgan fingerprint density at radius 3 is 2.56 bits per heavy atom. The lowest BCUT2D eigenvalue weighted by Crippen LogP contribution is -2.25. The number of aliphatic hydroxyl groups excluding tert-OH is 1. The molecule has 1 aromatic carbocycles. The lowest BCUT2D eigenvalue weighted by molar-refractivity contribution is 0.134. The summed E-state index contributed by atoms with van der Waals surface area (Å²) in [6, 6.07) is 5.34. The molecule has 92 valence electrons. The molecule has 0 heterocycles. The molecule has 2 nitrogen and oxygen atoms in total. The first kappa shape index (κ1) is 15.7. The average Bonchev–Trinajstić information content (AvgIpc) is 2.21. The first-order valence-corrected chi connectivity index (χ1v) is 5.63. The van der Waals surface area contributed by atoms with Crippen LogP contribution >= 0.6 is 24.0 Å². The van der Waals surface area contributed by atoms with Crippen molar-refractivity contribution in [3.63, 3.8) is 0 Å². The van der Waals surface area contributed by atoms with Crippen molar-refractivity contribution < 1.29 is 5.11 Å². The van der Waals surface area contributed by atoms with Gasteiger partial charge in [0.05, 0.1) is 12.1 Å². The van der Waals surface area contributed by atoms with E-state index in [2.05, 4.69) is 0 Å². The summed E-state index contributed by atoms with van der Waals surface area (Å²) in [5, 5.41) is 10.5. The van der Waals surface area contributed by atoms with Crippen molar-refractivity contribution in [2.45, 2.75) is 38.8 Å². The van der Waals surface area contributed by atoms with Crippen LogP contribution < -0.4 is 5.73 Å². The predicted octanol–water partition coefficient (Wildman–Crippen LogP) is 3.23. The molecule has 0 aliphatic heterocycles.